The third-order valence-electron chi connectivity index (χ3n) is 4.85. The number of nitrogens with two attached hydrogens (primary N) is 2. The van der Waals surface area contributed by atoms with Gasteiger partial charge < -0.3 is 16.3 Å². The van der Waals surface area contributed by atoms with Crippen LogP contribution in [0.1, 0.15) is 5.56 Å². The summed E-state index contributed by atoms with van der Waals surface area (Å²) >= 11 is 0. The number of anilines is 3. The standard InChI is InChI=1S/C22H21N5O3S.ClH.H3NO/c23-22-25-20-11-8-16(14-19(20)21(26-22)27-28)24-13-12-15-6-9-18(10-7-15)31(29,30)17-4-2-1-3-5-17;;1-2/h1-11,14,24,28H,12-13H2,(H3,23,25,26,27);1H;2H,1H2. The Labute approximate surface area is 202 Å². The van der Waals surface area contributed by atoms with E-state index >= 15 is 0 Å². The molecule has 0 bridgehead atoms. The summed E-state index contributed by atoms with van der Waals surface area (Å²) in [6.07, 6.45) is 0.701. The molecule has 10 nitrogen and oxygen atoms in total. The normalized spacial score (nSPS) is 10.6. The van der Waals surface area contributed by atoms with Crippen LogP contribution in [0.3, 0.4) is 0 Å². The lowest BCUT2D eigenvalue weighted by atomic mass is 10.1. The van der Waals surface area contributed by atoms with Gasteiger partial charge in [-0.3, -0.25) is 10.7 Å². The predicted octanol–water partition coefficient (Wildman–Crippen LogP) is 3.26. The molecule has 34 heavy (non-hydrogen) atoms. The minimum atomic E-state index is -3.51. The predicted molar refractivity (Wildman–Crippen MR) is 133 cm³/mol. The first-order chi connectivity index (χ1) is 16.0. The van der Waals surface area contributed by atoms with Crippen LogP contribution in [0.15, 0.2) is 82.6 Å². The van der Waals surface area contributed by atoms with Crippen LogP contribution in [-0.2, 0) is 16.3 Å². The zero-order valence-electron chi connectivity index (χ0n) is 17.9. The maximum atomic E-state index is 12.7. The highest BCUT2D eigenvalue weighted by Gasteiger charge is 2.16. The fourth-order valence-corrected chi connectivity index (χ4v) is 4.55. The topological polar surface area (TPSA) is 176 Å². The fraction of sp³-hybridized carbons (Fsp3) is 0.0909. The van der Waals surface area contributed by atoms with E-state index in [-0.39, 0.29) is 34.0 Å². The summed E-state index contributed by atoms with van der Waals surface area (Å²) in [6, 6.07) is 20.8. The molecule has 0 amide bonds. The van der Waals surface area contributed by atoms with E-state index in [4.69, 9.17) is 10.9 Å². The van der Waals surface area contributed by atoms with Crippen LogP contribution in [0.5, 0.6) is 0 Å². The van der Waals surface area contributed by atoms with Crippen LogP contribution in [0.2, 0.25) is 0 Å². The monoisotopic (exact) mass is 504 g/mol. The van der Waals surface area contributed by atoms with E-state index < -0.39 is 9.84 Å². The number of nitrogens with one attached hydrogen (secondary N) is 2. The van der Waals surface area contributed by atoms with Gasteiger partial charge in [0.25, 0.3) is 0 Å². The number of benzene rings is 3. The fourth-order valence-electron chi connectivity index (χ4n) is 3.26. The van der Waals surface area contributed by atoms with Crippen molar-refractivity contribution in [3.63, 3.8) is 0 Å². The first-order valence-electron chi connectivity index (χ1n) is 9.83. The van der Waals surface area contributed by atoms with Crippen molar-refractivity contribution in [2.75, 3.05) is 23.1 Å². The molecule has 4 aromatic rings. The maximum Gasteiger partial charge on any atom is 0.222 e. The van der Waals surface area contributed by atoms with E-state index in [1.165, 1.54) is 0 Å². The first-order valence-corrected chi connectivity index (χ1v) is 11.3. The van der Waals surface area contributed by atoms with Crippen molar-refractivity contribution in [3.05, 3.63) is 78.4 Å². The number of nitrogens with zero attached hydrogens (tertiary/aromatic N) is 2. The van der Waals surface area contributed by atoms with Gasteiger partial charge in [0.15, 0.2) is 5.82 Å². The second-order valence-electron chi connectivity index (χ2n) is 6.91. The second-order valence-corrected chi connectivity index (χ2v) is 8.86. The molecule has 0 aliphatic heterocycles. The highest BCUT2D eigenvalue weighted by atomic mass is 35.5. The second kappa shape index (κ2) is 12.1. The van der Waals surface area contributed by atoms with Gasteiger partial charge in [-0.15, -0.1) is 12.4 Å². The highest BCUT2D eigenvalue weighted by molar-refractivity contribution is 7.91. The molecule has 3 aromatic carbocycles. The molecule has 0 radical (unpaired) electrons. The highest BCUT2D eigenvalue weighted by Crippen LogP contribution is 2.25. The number of aromatic nitrogens is 2. The SMILES string of the molecule is Cl.NO.Nc1nc(NO)c2cc(NCCc3ccc(S(=O)(=O)c4ccccc4)cc3)ccc2n1. The lowest BCUT2D eigenvalue weighted by Crippen LogP contribution is -2.06. The minimum Gasteiger partial charge on any atom is -0.385 e. The molecular weight excluding hydrogens is 480 g/mol. The largest absolute Gasteiger partial charge is 0.385 e. The smallest absolute Gasteiger partial charge is 0.222 e. The van der Waals surface area contributed by atoms with Crippen molar-refractivity contribution in [3.8, 4) is 0 Å². The average molecular weight is 505 g/mol. The number of sulfone groups is 1. The Balaban J connectivity index is 0.00000133. The third-order valence-corrected chi connectivity index (χ3v) is 6.63. The van der Waals surface area contributed by atoms with Gasteiger partial charge in [0.05, 0.1) is 15.3 Å². The number of rotatable bonds is 7. The summed E-state index contributed by atoms with van der Waals surface area (Å²) in [5, 5.41) is 19.7. The van der Waals surface area contributed by atoms with Crippen LogP contribution in [0.4, 0.5) is 17.5 Å². The van der Waals surface area contributed by atoms with Crippen molar-refractivity contribution < 1.29 is 18.8 Å². The Morgan fingerprint density at radius 1 is 0.882 bits per heavy atom. The van der Waals surface area contributed by atoms with Crippen LogP contribution in [0.25, 0.3) is 10.9 Å². The molecule has 0 saturated heterocycles. The summed E-state index contributed by atoms with van der Waals surface area (Å²) in [5.74, 6) is 3.81. The minimum absolute atomic E-state index is 0. The number of hydrogen-bond donors (Lipinski definition) is 6. The Bertz CT molecular complexity index is 1320. The molecular formula is C22H25ClN6O4S. The molecule has 1 aromatic heterocycles. The van der Waals surface area contributed by atoms with E-state index in [0.717, 1.165) is 11.3 Å². The molecule has 0 unspecified atom stereocenters. The summed E-state index contributed by atoms with van der Waals surface area (Å²) in [4.78, 5) is 8.66. The van der Waals surface area contributed by atoms with E-state index in [1.54, 1.807) is 48.5 Å². The first kappa shape index (κ1) is 26.8. The van der Waals surface area contributed by atoms with Crippen molar-refractivity contribution in [2.24, 2.45) is 5.90 Å². The van der Waals surface area contributed by atoms with Crippen LogP contribution >= 0.6 is 12.4 Å². The van der Waals surface area contributed by atoms with Gasteiger partial charge in [0, 0.05) is 17.6 Å². The molecule has 1 heterocycles. The zero-order chi connectivity index (χ0) is 23.8. The Hall–Kier alpha value is -3.48. The third kappa shape index (κ3) is 6.10. The summed E-state index contributed by atoms with van der Waals surface area (Å²) in [7, 11) is -3.51. The van der Waals surface area contributed by atoms with Gasteiger partial charge in [-0.2, -0.15) is 4.98 Å². The molecule has 0 aliphatic rings. The molecule has 4 rings (SSSR count). The molecule has 0 spiro atoms. The van der Waals surface area contributed by atoms with Crippen molar-refractivity contribution in [2.45, 2.75) is 16.2 Å². The van der Waals surface area contributed by atoms with Crippen molar-refractivity contribution in [1.29, 1.82) is 0 Å². The van der Waals surface area contributed by atoms with Crippen molar-refractivity contribution in [1.82, 2.24) is 9.97 Å². The number of nitrogen functional groups attached to an aromatic ring is 1. The van der Waals surface area contributed by atoms with E-state index in [1.807, 2.05) is 29.7 Å². The van der Waals surface area contributed by atoms with Crippen LogP contribution in [0, 0.1) is 0 Å². The maximum absolute atomic E-state index is 12.7. The molecule has 0 aliphatic carbocycles. The molecule has 0 saturated carbocycles. The van der Waals surface area contributed by atoms with Gasteiger partial charge in [-0.25, -0.2) is 19.3 Å². The lowest BCUT2D eigenvalue weighted by Gasteiger charge is -2.10. The number of hydrogen-bond acceptors (Lipinski definition) is 10. The summed E-state index contributed by atoms with van der Waals surface area (Å²) in [6.45, 7) is 0.633. The van der Waals surface area contributed by atoms with E-state index in [0.29, 0.717) is 23.9 Å². The molecule has 0 atom stereocenters. The Morgan fingerprint density at radius 3 is 2.18 bits per heavy atom. The molecule has 8 N–H and O–H groups in total. The summed E-state index contributed by atoms with van der Waals surface area (Å²) < 4.78 is 25.3. The van der Waals surface area contributed by atoms with E-state index in [2.05, 4.69) is 21.2 Å². The Kier molecular flexibility index (Phi) is 9.54. The average Bonchev–Trinajstić information content (AvgIpc) is 2.85. The van der Waals surface area contributed by atoms with Gasteiger partial charge in [0.2, 0.25) is 15.8 Å². The lowest BCUT2D eigenvalue weighted by molar-refractivity contribution is 0.311. The zero-order valence-corrected chi connectivity index (χ0v) is 19.6. The van der Waals surface area contributed by atoms with Crippen molar-refractivity contribution >= 4 is 50.6 Å². The number of halogens is 1. The number of fused-ring (bicyclic) bond motifs is 1. The Morgan fingerprint density at radius 2 is 1.53 bits per heavy atom. The molecule has 0 fully saturated rings. The van der Waals surface area contributed by atoms with E-state index in [9.17, 15) is 13.6 Å². The van der Waals surface area contributed by atoms with Gasteiger partial charge in [0.1, 0.15) is 0 Å². The van der Waals surface area contributed by atoms with Crippen LogP contribution < -0.4 is 22.4 Å². The van der Waals surface area contributed by atoms with Gasteiger partial charge >= 0.3 is 0 Å². The van der Waals surface area contributed by atoms with Gasteiger partial charge in [-0.05, 0) is 54.4 Å². The quantitative estimate of drug-likeness (QED) is 0.205. The van der Waals surface area contributed by atoms with Gasteiger partial charge in [-0.1, -0.05) is 30.3 Å². The molecule has 180 valence electrons. The molecule has 12 heteroatoms. The summed E-state index contributed by atoms with van der Waals surface area (Å²) in [5.41, 5.74) is 10.1. The van der Waals surface area contributed by atoms with Crippen LogP contribution in [-0.4, -0.2) is 35.3 Å².